The Bertz CT molecular complexity index is 2470. The molecule has 0 saturated heterocycles. The lowest BCUT2D eigenvalue weighted by atomic mass is 9.66. The molecule has 1 aliphatic carbocycles. The molecule has 0 fully saturated rings. The first-order valence-electron chi connectivity index (χ1n) is 16.5. The summed E-state index contributed by atoms with van der Waals surface area (Å²) in [6.45, 7) is 0. The summed E-state index contributed by atoms with van der Waals surface area (Å²) < 4.78 is 6.51. The van der Waals surface area contributed by atoms with Crippen molar-refractivity contribution in [3.63, 3.8) is 0 Å². The van der Waals surface area contributed by atoms with Gasteiger partial charge in [-0.1, -0.05) is 146 Å². The van der Waals surface area contributed by atoms with E-state index in [0.717, 1.165) is 38.9 Å². The van der Waals surface area contributed by atoms with Crippen molar-refractivity contribution in [1.29, 1.82) is 0 Å². The van der Waals surface area contributed by atoms with Crippen LogP contribution in [0.15, 0.2) is 175 Å². The molecule has 2 heterocycles. The molecule has 0 radical (unpaired) electrons. The van der Waals surface area contributed by atoms with Gasteiger partial charge >= 0.3 is 0 Å². The van der Waals surface area contributed by atoms with Gasteiger partial charge in [-0.25, -0.2) is 0 Å². The Balaban J connectivity index is 1.14. The third kappa shape index (κ3) is 3.85. The van der Waals surface area contributed by atoms with Gasteiger partial charge in [-0.15, -0.1) is 0 Å². The van der Waals surface area contributed by atoms with Gasteiger partial charge in [-0.3, -0.25) is 4.99 Å². The second kappa shape index (κ2) is 10.4. The molecule has 7 aromatic carbocycles. The molecule has 3 nitrogen and oxygen atoms in total. The lowest BCUT2D eigenvalue weighted by Crippen LogP contribution is -2.39. The fraction of sp³-hybridized carbons (Fsp3) is 0.0444. The molecule has 1 N–H and O–H groups in total. The first kappa shape index (κ1) is 27.0. The molecule has 1 unspecified atom stereocenters. The summed E-state index contributed by atoms with van der Waals surface area (Å²) in [5, 5.41) is 5.95. The van der Waals surface area contributed by atoms with E-state index in [1.165, 1.54) is 44.5 Å². The summed E-state index contributed by atoms with van der Waals surface area (Å²) in [7, 11) is 0. The number of hydrogen-bond acceptors (Lipinski definition) is 3. The van der Waals surface area contributed by atoms with Crippen LogP contribution in [0.2, 0.25) is 0 Å². The van der Waals surface area contributed by atoms with Crippen molar-refractivity contribution in [2.45, 2.75) is 11.6 Å². The van der Waals surface area contributed by atoms with Crippen LogP contribution in [-0.2, 0) is 5.41 Å². The van der Waals surface area contributed by atoms with Crippen molar-refractivity contribution in [3.05, 3.63) is 214 Å². The third-order valence-electron chi connectivity index (χ3n) is 10.2. The zero-order valence-corrected chi connectivity index (χ0v) is 26.1. The Morgan fingerprint density at radius 2 is 1.06 bits per heavy atom. The first-order valence-corrected chi connectivity index (χ1v) is 16.5. The minimum atomic E-state index is -0.475. The molecular weight excluding hydrogens is 585 g/mol. The van der Waals surface area contributed by atoms with E-state index in [1.807, 2.05) is 0 Å². The number of para-hydroxylation sites is 3. The zero-order valence-electron chi connectivity index (χ0n) is 26.1. The molecular formula is C45H30N2O. The van der Waals surface area contributed by atoms with E-state index in [4.69, 9.17) is 9.73 Å². The number of hydrogen-bond donors (Lipinski definition) is 1. The highest BCUT2D eigenvalue weighted by molar-refractivity contribution is 5.90. The minimum Gasteiger partial charge on any atom is -0.457 e. The topological polar surface area (TPSA) is 33.6 Å². The Morgan fingerprint density at radius 3 is 1.83 bits per heavy atom. The van der Waals surface area contributed by atoms with Gasteiger partial charge in [0.05, 0.1) is 16.5 Å². The van der Waals surface area contributed by atoms with Gasteiger partial charge in [0.2, 0.25) is 0 Å². The van der Waals surface area contributed by atoms with Gasteiger partial charge < -0.3 is 10.1 Å². The number of rotatable bonds is 3. The summed E-state index contributed by atoms with van der Waals surface area (Å²) in [5.74, 6) is 1.81. The van der Waals surface area contributed by atoms with E-state index in [1.54, 1.807) is 0 Å². The standard InChI is InChI=1S/C45H30N2O/c1-2-12-29(13-3-1)30-22-24-31(25-23-30)44-46-40-19-9-5-15-34(40)43(47-44)32-26-27-37-35(28-32)33-14-4-6-16-36(33)45(37)38-17-7-10-20-41(38)48-42-21-11-8-18-39(42)45/h1-28,44,47H. The predicted octanol–water partition coefficient (Wildman–Crippen LogP) is 8.90. The van der Waals surface area contributed by atoms with Crippen LogP contribution in [0.5, 0.6) is 11.5 Å². The maximum absolute atomic E-state index is 6.51. The molecule has 48 heavy (non-hydrogen) atoms. The van der Waals surface area contributed by atoms with E-state index < -0.39 is 5.41 Å². The van der Waals surface area contributed by atoms with Crippen molar-refractivity contribution >= 4 is 5.70 Å². The normalized spacial score (nSPS) is 15.9. The largest absolute Gasteiger partial charge is 0.457 e. The highest BCUT2D eigenvalue weighted by atomic mass is 16.5. The van der Waals surface area contributed by atoms with E-state index in [0.29, 0.717) is 0 Å². The summed E-state index contributed by atoms with van der Waals surface area (Å²) in [5.41, 5.74) is 12.7. The predicted molar refractivity (Wildman–Crippen MR) is 191 cm³/mol. The van der Waals surface area contributed by atoms with Gasteiger partial charge in [0.1, 0.15) is 17.7 Å². The van der Waals surface area contributed by atoms with E-state index in [9.17, 15) is 0 Å². The second-order valence-electron chi connectivity index (χ2n) is 12.7. The lowest BCUT2D eigenvalue weighted by Gasteiger charge is -2.39. The van der Waals surface area contributed by atoms with Crippen LogP contribution in [0.3, 0.4) is 0 Å². The fourth-order valence-corrected chi connectivity index (χ4v) is 8.08. The van der Waals surface area contributed by atoms with E-state index >= 15 is 0 Å². The molecule has 3 aliphatic rings. The SMILES string of the molecule is c1ccc(-c2ccc(C3N=c4ccccc4=C(c4ccc5c(c4)-c4ccccc4C54c5ccccc5Oc5ccccc54)N3)cc2)cc1. The Kier molecular flexibility index (Phi) is 5.85. The quantitative estimate of drug-likeness (QED) is 0.216. The maximum Gasteiger partial charge on any atom is 0.145 e. The van der Waals surface area contributed by atoms with Crippen LogP contribution in [-0.4, -0.2) is 0 Å². The number of nitrogens with one attached hydrogen (secondary N) is 1. The van der Waals surface area contributed by atoms with Crippen LogP contribution in [0.25, 0.3) is 28.0 Å². The molecule has 1 spiro atoms. The summed E-state index contributed by atoms with van der Waals surface area (Å²) in [4.78, 5) is 5.17. The van der Waals surface area contributed by atoms with Crippen LogP contribution in [0.4, 0.5) is 0 Å². The van der Waals surface area contributed by atoms with Gasteiger partial charge in [0.25, 0.3) is 0 Å². The minimum absolute atomic E-state index is 0.208. The van der Waals surface area contributed by atoms with Gasteiger partial charge in [0.15, 0.2) is 0 Å². The molecule has 0 amide bonds. The number of fused-ring (bicyclic) bond motifs is 10. The first-order chi connectivity index (χ1) is 23.8. The van der Waals surface area contributed by atoms with Gasteiger partial charge in [0, 0.05) is 16.3 Å². The smallest absolute Gasteiger partial charge is 0.145 e. The second-order valence-corrected chi connectivity index (χ2v) is 12.7. The van der Waals surface area contributed by atoms with Crippen LogP contribution in [0.1, 0.15) is 39.5 Å². The van der Waals surface area contributed by atoms with Crippen molar-refractivity contribution in [1.82, 2.24) is 5.32 Å². The molecule has 3 heteroatoms. The Morgan fingerprint density at radius 1 is 0.479 bits per heavy atom. The zero-order chi connectivity index (χ0) is 31.7. The summed E-state index contributed by atoms with van der Waals surface area (Å²) in [6, 6.07) is 60.6. The lowest BCUT2D eigenvalue weighted by molar-refractivity contribution is 0.436. The van der Waals surface area contributed by atoms with Crippen LogP contribution >= 0.6 is 0 Å². The highest BCUT2D eigenvalue weighted by Crippen LogP contribution is 2.62. The van der Waals surface area contributed by atoms with Crippen molar-refractivity contribution in [3.8, 4) is 33.8 Å². The molecule has 0 bridgehead atoms. The number of benzene rings is 7. The van der Waals surface area contributed by atoms with E-state index in [-0.39, 0.29) is 6.17 Å². The van der Waals surface area contributed by atoms with E-state index in [2.05, 4.69) is 175 Å². The summed E-state index contributed by atoms with van der Waals surface area (Å²) >= 11 is 0. The Labute approximate surface area is 279 Å². The van der Waals surface area contributed by atoms with Crippen LogP contribution in [0, 0.1) is 0 Å². The molecule has 7 aromatic rings. The van der Waals surface area contributed by atoms with Gasteiger partial charge in [-0.05, 0) is 68.8 Å². The van der Waals surface area contributed by atoms with Gasteiger partial charge in [-0.2, -0.15) is 0 Å². The van der Waals surface area contributed by atoms with Crippen molar-refractivity contribution in [2.24, 2.45) is 4.99 Å². The molecule has 10 rings (SSSR count). The van der Waals surface area contributed by atoms with Crippen molar-refractivity contribution in [2.75, 3.05) is 0 Å². The molecule has 0 saturated carbocycles. The highest BCUT2D eigenvalue weighted by Gasteiger charge is 2.51. The molecule has 1 atom stereocenters. The average molecular weight is 615 g/mol. The summed E-state index contributed by atoms with van der Waals surface area (Å²) in [6.07, 6.45) is -0.208. The monoisotopic (exact) mass is 614 g/mol. The third-order valence-corrected chi connectivity index (χ3v) is 10.2. The van der Waals surface area contributed by atoms with Crippen molar-refractivity contribution < 1.29 is 4.74 Å². The molecule has 2 aliphatic heterocycles. The molecule has 0 aromatic heterocycles. The average Bonchev–Trinajstić information content (AvgIpc) is 3.45. The maximum atomic E-state index is 6.51. The number of nitrogens with zero attached hydrogens (tertiary/aromatic N) is 1. The number of ether oxygens (including phenoxy) is 1. The fourth-order valence-electron chi connectivity index (χ4n) is 8.08. The Hall–Kier alpha value is -6.19. The van der Waals surface area contributed by atoms with Crippen LogP contribution < -0.4 is 20.6 Å². The molecule has 226 valence electrons.